The minimum absolute atomic E-state index is 0.0405. The van der Waals surface area contributed by atoms with Gasteiger partial charge in [-0.1, -0.05) is 41.9 Å². The first-order chi connectivity index (χ1) is 17.6. The van der Waals surface area contributed by atoms with Crippen molar-refractivity contribution in [1.29, 1.82) is 0 Å². The molecule has 6 nitrogen and oxygen atoms in total. The Morgan fingerprint density at radius 3 is 2.50 bits per heavy atom. The number of carbonyl (C=O) groups is 1. The summed E-state index contributed by atoms with van der Waals surface area (Å²) in [6, 6.07) is 21.8. The van der Waals surface area contributed by atoms with E-state index >= 15 is 0 Å². The third kappa shape index (κ3) is 5.62. The molecule has 1 aliphatic rings. The van der Waals surface area contributed by atoms with Crippen LogP contribution in [0.5, 0.6) is 0 Å². The zero-order valence-electron chi connectivity index (χ0n) is 20.2. The molecule has 0 spiro atoms. The summed E-state index contributed by atoms with van der Waals surface area (Å²) in [5.41, 5.74) is 4.02. The number of benzene rings is 2. The second-order valence-corrected chi connectivity index (χ2v) is 9.87. The number of aliphatic hydroxyl groups excluding tert-OH is 1. The number of likely N-dealkylation sites (tertiary alicyclic amines) is 1. The first-order valence-electron chi connectivity index (χ1n) is 12.5. The minimum Gasteiger partial charge on any atom is -0.378 e. The van der Waals surface area contributed by atoms with Gasteiger partial charge in [0.2, 0.25) is 0 Å². The fourth-order valence-electron chi connectivity index (χ4n) is 4.99. The van der Waals surface area contributed by atoms with E-state index in [-0.39, 0.29) is 11.8 Å². The molecule has 0 radical (unpaired) electrons. The predicted molar refractivity (Wildman–Crippen MR) is 143 cm³/mol. The number of nitrogens with one attached hydrogen (secondary N) is 1. The highest BCUT2D eigenvalue weighted by atomic mass is 35.5. The van der Waals surface area contributed by atoms with E-state index in [9.17, 15) is 9.90 Å². The predicted octanol–water partition coefficient (Wildman–Crippen LogP) is 4.74. The van der Waals surface area contributed by atoms with E-state index in [2.05, 4.69) is 20.9 Å². The number of aromatic nitrogens is 2. The van der Waals surface area contributed by atoms with Gasteiger partial charge >= 0.3 is 0 Å². The van der Waals surface area contributed by atoms with Gasteiger partial charge < -0.3 is 14.6 Å². The Hall–Kier alpha value is -3.19. The number of aliphatic hydroxyl groups is 1. The summed E-state index contributed by atoms with van der Waals surface area (Å²) in [6.07, 6.45) is 5.38. The maximum atomic E-state index is 13.6. The standard InChI is InChI=1S/C29H31ClN4O2/c30-25-7-5-22(6-8-25)20-34-26-4-2-1-3-24(26)19-27(34)29(36)33-17-12-23(13-18-33)28(35)32-16-11-21-9-14-31-15-10-21/h1-10,14-15,19,23,28,32,35H,11-13,16-18,20H2. The number of piperidine rings is 1. The van der Waals surface area contributed by atoms with Crippen molar-refractivity contribution >= 4 is 28.4 Å². The lowest BCUT2D eigenvalue weighted by molar-refractivity contribution is 0.0317. The van der Waals surface area contributed by atoms with E-state index in [0.29, 0.717) is 36.9 Å². The molecule has 2 aromatic carbocycles. The normalized spacial score (nSPS) is 15.3. The van der Waals surface area contributed by atoms with E-state index < -0.39 is 6.23 Å². The Bertz CT molecular complexity index is 1300. The van der Waals surface area contributed by atoms with Gasteiger partial charge in [-0.05, 0) is 66.8 Å². The third-order valence-corrected chi connectivity index (χ3v) is 7.33. The van der Waals surface area contributed by atoms with Crippen LogP contribution in [0.2, 0.25) is 5.02 Å². The molecule has 186 valence electrons. The first kappa shape index (κ1) is 24.5. The number of para-hydroxylation sites is 1. The molecule has 1 atom stereocenters. The molecule has 4 aromatic rings. The van der Waals surface area contributed by atoms with Crippen LogP contribution in [0.25, 0.3) is 10.9 Å². The largest absolute Gasteiger partial charge is 0.378 e. The molecular weight excluding hydrogens is 472 g/mol. The molecule has 1 amide bonds. The fraction of sp³-hybridized carbons (Fsp3) is 0.310. The summed E-state index contributed by atoms with van der Waals surface area (Å²) >= 11 is 6.07. The number of hydrogen-bond donors (Lipinski definition) is 2. The van der Waals surface area contributed by atoms with Gasteiger partial charge in [0, 0.05) is 60.4 Å². The van der Waals surface area contributed by atoms with Crippen molar-refractivity contribution in [1.82, 2.24) is 19.8 Å². The quantitative estimate of drug-likeness (QED) is 0.341. The Morgan fingerprint density at radius 1 is 1.03 bits per heavy atom. The number of rotatable bonds is 8. The van der Waals surface area contributed by atoms with Gasteiger partial charge in [-0.25, -0.2) is 0 Å². The second-order valence-electron chi connectivity index (χ2n) is 9.44. The van der Waals surface area contributed by atoms with Gasteiger partial charge in [-0.3, -0.25) is 15.1 Å². The van der Waals surface area contributed by atoms with Crippen LogP contribution in [0.1, 0.15) is 34.5 Å². The molecule has 2 aromatic heterocycles. The zero-order valence-corrected chi connectivity index (χ0v) is 20.9. The number of nitrogens with zero attached hydrogens (tertiary/aromatic N) is 3. The molecule has 1 fully saturated rings. The SMILES string of the molecule is O=C(c1cc2ccccc2n1Cc1ccc(Cl)cc1)N1CCC(C(O)NCCc2ccncc2)CC1. The Balaban J connectivity index is 1.23. The Morgan fingerprint density at radius 2 is 1.75 bits per heavy atom. The monoisotopic (exact) mass is 502 g/mol. The highest BCUT2D eigenvalue weighted by Gasteiger charge is 2.29. The van der Waals surface area contributed by atoms with Crippen LogP contribution < -0.4 is 5.32 Å². The highest BCUT2D eigenvalue weighted by Crippen LogP contribution is 2.26. The summed E-state index contributed by atoms with van der Waals surface area (Å²) < 4.78 is 2.10. The van der Waals surface area contributed by atoms with E-state index in [1.807, 2.05) is 65.6 Å². The highest BCUT2D eigenvalue weighted by molar-refractivity contribution is 6.30. The number of carbonyl (C=O) groups excluding carboxylic acids is 1. The van der Waals surface area contributed by atoms with Gasteiger partial charge in [-0.2, -0.15) is 0 Å². The summed E-state index contributed by atoms with van der Waals surface area (Å²) in [5, 5.41) is 15.7. The topological polar surface area (TPSA) is 70.4 Å². The third-order valence-electron chi connectivity index (χ3n) is 7.07. The molecule has 5 rings (SSSR count). The smallest absolute Gasteiger partial charge is 0.270 e. The van der Waals surface area contributed by atoms with Crippen molar-refractivity contribution < 1.29 is 9.90 Å². The van der Waals surface area contributed by atoms with E-state index in [4.69, 9.17) is 11.6 Å². The lowest BCUT2D eigenvalue weighted by atomic mass is 9.94. The number of hydrogen-bond acceptors (Lipinski definition) is 4. The molecule has 36 heavy (non-hydrogen) atoms. The van der Waals surface area contributed by atoms with Gasteiger partial charge in [0.25, 0.3) is 5.91 Å². The van der Waals surface area contributed by atoms with Gasteiger partial charge in [0.05, 0.1) is 0 Å². The average Bonchev–Trinajstić information content (AvgIpc) is 3.28. The van der Waals surface area contributed by atoms with Crippen LogP contribution in [0.15, 0.2) is 79.1 Å². The molecule has 1 aliphatic heterocycles. The molecule has 0 saturated carbocycles. The molecule has 1 unspecified atom stereocenters. The van der Waals surface area contributed by atoms with Crippen molar-refractivity contribution in [3.8, 4) is 0 Å². The molecule has 0 bridgehead atoms. The average molecular weight is 503 g/mol. The summed E-state index contributed by atoms with van der Waals surface area (Å²) in [6.45, 7) is 2.57. The first-order valence-corrected chi connectivity index (χ1v) is 12.9. The fourth-order valence-corrected chi connectivity index (χ4v) is 5.12. The van der Waals surface area contributed by atoms with Gasteiger partial charge in [-0.15, -0.1) is 0 Å². The van der Waals surface area contributed by atoms with E-state index in [1.165, 1.54) is 5.56 Å². The van der Waals surface area contributed by atoms with Gasteiger partial charge in [0.1, 0.15) is 11.9 Å². The van der Waals surface area contributed by atoms with Crippen LogP contribution in [0.3, 0.4) is 0 Å². The number of amides is 1. The molecule has 7 heteroatoms. The lowest BCUT2D eigenvalue weighted by Crippen LogP contribution is -2.45. The molecule has 1 saturated heterocycles. The van der Waals surface area contributed by atoms with Crippen molar-refractivity contribution in [2.75, 3.05) is 19.6 Å². The Labute approximate surface area is 216 Å². The van der Waals surface area contributed by atoms with Crippen LogP contribution in [-0.2, 0) is 13.0 Å². The summed E-state index contributed by atoms with van der Waals surface area (Å²) in [7, 11) is 0. The maximum absolute atomic E-state index is 13.6. The molecule has 2 N–H and O–H groups in total. The number of halogens is 1. The molecular formula is C29H31ClN4O2. The van der Waals surface area contributed by atoms with Crippen molar-refractivity contribution in [2.24, 2.45) is 5.92 Å². The van der Waals surface area contributed by atoms with Crippen LogP contribution in [0.4, 0.5) is 0 Å². The van der Waals surface area contributed by atoms with Gasteiger partial charge in [0.15, 0.2) is 0 Å². The van der Waals surface area contributed by atoms with E-state index in [1.54, 1.807) is 12.4 Å². The van der Waals surface area contributed by atoms with Crippen molar-refractivity contribution in [3.05, 3.63) is 101 Å². The lowest BCUT2D eigenvalue weighted by Gasteiger charge is -2.34. The van der Waals surface area contributed by atoms with Crippen molar-refractivity contribution in [3.63, 3.8) is 0 Å². The molecule has 0 aliphatic carbocycles. The second kappa shape index (κ2) is 11.2. The van der Waals surface area contributed by atoms with Crippen molar-refractivity contribution in [2.45, 2.75) is 32.0 Å². The molecule has 3 heterocycles. The number of fused-ring (bicyclic) bond motifs is 1. The Kier molecular flexibility index (Phi) is 7.66. The zero-order chi connectivity index (χ0) is 24.9. The van der Waals surface area contributed by atoms with Crippen LogP contribution >= 0.6 is 11.6 Å². The summed E-state index contributed by atoms with van der Waals surface area (Å²) in [4.78, 5) is 19.6. The minimum atomic E-state index is -0.569. The number of pyridine rings is 1. The summed E-state index contributed by atoms with van der Waals surface area (Å²) in [5.74, 6) is 0.171. The maximum Gasteiger partial charge on any atom is 0.270 e. The van der Waals surface area contributed by atoms with Crippen LogP contribution in [0, 0.1) is 5.92 Å². The van der Waals surface area contributed by atoms with Crippen LogP contribution in [-0.4, -0.2) is 51.3 Å². The van der Waals surface area contributed by atoms with E-state index in [0.717, 1.165) is 35.7 Å².